The van der Waals surface area contributed by atoms with E-state index in [1.165, 1.54) is 13.5 Å². The molecule has 20 heavy (non-hydrogen) atoms. The molecule has 0 bridgehead atoms. The Hall–Kier alpha value is -1.33. The van der Waals surface area contributed by atoms with E-state index in [0.717, 1.165) is 19.5 Å². The molecule has 1 saturated heterocycles. The van der Waals surface area contributed by atoms with Gasteiger partial charge in [-0.25, -0.2) is 4.98 Å². The summed E-state index contributed by atoms with van der Waals surface area (Å²) in [4.78, 5) is 18.6. The van der Waals surface area contributed by atoms with Gasteiger partial charge in [-0.05, 0) is 38.1 Å². The Kier molecular flexibility index (Phi) is 5.20. The second kappa shape index (κ2) is 6.90. The van der Waals surface area contributed by atoms with Crippen LogP contribution in [0.15, 0.2) is 12.1 Å². The average Bonchev–Trinajstić information content (AvgIpc) is 2.92. The van der Waals surface area contributed by atoms with Gasteiger partial charge < -0.3 is 10.1 Å². The first kappa shape index (κ1) is 15.1. The first-order valence-electron chi connectivity index (χ1n) is 6.88. The van der Waals surface area contributed by atoms with Gasteiger partial charge in [-0.3, -0.25) is 9.69 Å². The molecule has 1 unspecified atom stereocenters. The molecule has 2 rings (SSSR count). The number of carbonyl (C=O) groups excluding carboxylic acids is 1. The summed E-state index contributed by atoms with van der Waals surface area (Å²) in [6.07, 6.45) is 2.32. The summed E-state index contributed by atoms with van der Waals surface area (Å²) in [6.45, 7) is 4.93. The largest absolute Gasteiger partial charge is 0.480 e. The third kappa shape index (κ3) is 3.41. The Balaban J connectivity index is 1.98. The fraction of sp³-hybridized carbons (Fsp3) is 0.571. The lowest BCUT2D eigenvalue weighted by Gasteiger charge is -2.23. The molecule has 0 aromatic carbocycles. The van der Waals surface area contributed by atoms with E-state index in [-0.39, 0.29) is 11.8 Å². The Morgan fingerprint density at radius 1 is 1.60 bits per heavy atom. The highest BCUT2D eigenvalue weighted by atomic mass is 35.5. The second-order valence-electron chi connectivity index (χ2n) is 4.83. The molecule has 1 N–H and O–H groups in total. The van der Waals surface area contributed by atoms with Gasteiger partial charge in [0.25, 0.3) is 5.91 Å². The Morgan fingerprint density at radius 3 is 3.10 bits per heavy atom. The third-order valence-corrected chi connectivity index (χ3v) is 3.88. The first-order chi connectivity index (χ1) is 9.65. The molecule has 0 radical (unpaired) electrons. The van der Waals surface area contributed by atoms with Crippen LogP contribution in [0.4, 0.5) is 0 Å². The molecule has 1 atom stereocenters. The number of methoxy groups -OCH3 is 1. The van der Waals surface area contributed by atoms with Gasteiger partial charge in [0, 0.05) is 12.6 Å². The van der Waals surface area contributed by atoms with E-state index in [1.807, 2.05) is 0 Å². The van der Waals surface area contributed by atoms with Crippen LogP contribution in [0.25, 0.3) is 0 Å². The van der Waals surface area contributed by atoms with Crippen LogP contribution in [0.5, 0.6) is 5.88 Å². The molecule has 1 fully saturated rings. The first-order valence-corrected chi connectivity index (χ1v) is 7.26. The molecule has 1 aromatic rings. The van der Waals surface area contributed by atoms with Crippen LogP contribution in [-0.4, -0.2) is 48.6 Å². The van der Waals surface area contributed by atoms with Crippen molar-refractivity contribution in [3.63, 3.8) is 0 Å². The van der Waals surface area contributed by atoms with Crippen LogP contribution in [-0.2, 0) is 0 Å². The molecule has 6 heteroatoms. The highest BCUT2D eigenvalue weighted by molar-refractivity contribution is 6.29. The minimum atomic E-state index is -0.172. The van der Waals surface area contributed by atoms with Crippen molar-refractivity contribution >= 4 is 17.5 Å². The zero-order valence-corrected chi connectivity index (χ0v) is 12.6. The number of likely N-dealkylation sites (tertiary alicyclic amines) is 1. The predicted octanol–water partition coefficient (Wildman–Crippen LogP) is 1.96. The van der Waals surface area contributed by atoms with Gasteiger partial charge in [0.1, 0.15) is 10.7 Å². The number of hydrogen-bond donors (Lipinski definition) is 1. The number of aromatic nitrogens is 1. The van der Waals surface area contributed by atoms with Crippen molar-refractivity contribution in [1.82, 2.24) is 15.2 Å². The van der Waals surface area contributed by atoms with Gasteiger partial charge >= 0.3 is 0 Å². The lowest BCUT2D eigenvalue weighted by atomic mass is 10.2. The van der Waals surface area contributed by atoms with Crippen molar-refractivity contribution in [3.05, 3.63) is 22.8 Å². The van der Waals surface area contributed by atoms with Gasteiger partial charge in [0.15, 0.2) is 0 Å². The van der Waals surface area contributed by atoms with E-state index >= 15 is 0 Å². The zero-order valence-electron chi connectivity index (χ0n) is 11.9. The SMILES string of the molecule is CCN1CCCC1CNC(=O)c1ccc(Cl)nc1OC. The summed E-state index contributed by atoms with van der Waals surface area (Å²) in [5, 5.41) is 3.27. The summed E-state index contributed by atoms with van der Waals surface area (Å²) in [6, 6.07) is 3.65. The predicted molar refractivity (Wildman–Crippen MR) is 78.4 cm³/mol. The quantitative estimate of drug-likeness (QED) is 0.844. The van der Waals surface area contributed by atoms with Gasteiger partial charge in [-0.1, -0.05) is 18.5 Å². The lowest BCUT2D eigenvalue weighted by Crippen LogP contribution is -2.40. The van der Waals surface area contributed by atoms with E-state index in [9.17, 15) is 4.79 Å². The maximum atomic E-state index is 12.2. The number of amides is 1. The summed E-state index contributed by atoms with van der Waals surface area (Å²) in [7, 11) is 1.48. The number of rotatable bonds is 5. The molecular weight excluding hydrogens is 278 g/mol. The summed E-state index contributed by atoms with van der Waals surface area (Å²) >= 11 is 5.79. The molecule has 2 heterocycles. The van der Waals surface area contributed by atoms with E-state index in [2.05, 4.69) is 22.1 Å². The molecule has 1 aliphatic rings. The Labute approximate surface area is 124 Å². The normalized spacial score (nSPS) is 19.1. The maximum Gasteiger partial charge on any atom is 0.256 e. The molecule has 0 saturated carbocycles. The van der Waals surface area contributed by atoms with Crippen LogP contribution >= 0.6 is 11.6 Å². The number of carbonyl (C=O) groups is 1. The van der Waals surface area contributed by atoms with Crippen molar-refractivity contribution in [1.29, 1.82) is 0 Å². The molecule has 0 aliphatic carbocycles. The number of nitrogens with zero attached hydrogens (tertiary/aromatic N) is 2. The summed E-state index contributed by atoms with van der Waals surface area (Å²) in [5.41, 5.74) is 0.415. The molecule has 5 nitrogen and oxygen atoms in total. The van der Waals surface area contributed by atoms with E-state index in [1.54, 1.807) is 12.1 Å². The van der Waals surface area contributed by atoms with E-state index < -0.39 is 0 Å². The number of likely N-dealkylation sites (N-methyl/N-ethyl adjacent to an activating group) is 1. The second-order valence-corrected chi connectivity index (χ2v) is 5.21. The van der Waals surface area contributed by atoms with Gasteiger partial charge in [-0.15, -0.1) is 0 Å². The van der Waals surface area contributed by atoms with Crippen LogP contribution in [0.3, 0.4) is 0 Å². The monoisotopic (exact) mass is 297 g/mol. The fourth-order valence-corrected chi connectivity index (χ4v) is 2.73. The van der Waals surface area contributed by atoms with Crippen LogP contribution in [0.1, 0.15) is 30.1 Å². The van der Waals surface area contributed by atoms with Crippen molar-refractivity contribution < 1.29 is 9.53 Å². The lowest BCUT2D eigenvalue weighted by molar-refractivity contribution is 0.0937. The van der Waals surface area contributed by atoms with Gasteiger partial charge in [0.05, 0.1) is 7.11 Å². The minimum absolute atomic E-state index is 0.172. The smallest absolute Gasteiger partial charge is 0.256 e. The fourth-order valence-electron chi connectivity index (χ4n) is 2.59. The Morgan fingerprint density at radius 2 is 2.40 bits per heavy atom. The highest BCUT2D eigenvalue weighted by Gasteiger charge is 2.24. The number of ether oxygens (including phenoxy) is 1. The summed E-state index contributed by atoms with van der Waals surface area (Å²) in [5.74, 6) is 0.0859. The molecule has 1 amide bonds. The van der Waals surface area contributed by atoms with Gasteiger partial charge in [0.2, 0.25) is 5.88 Å². The van der Waals surface area contributed by atoms with Crippen LogP contribution in [0, 0.1) is 0 Å². The average molecular weight is 298 g/mol. The molecule has 1 aromatic heterocycles. The molecule has 110 valence electrons. The number of halogens is 1. The number of hydrogen-bond acceptors (Lipinski definition) is 4. The zero-order chi connectivity index (χ0) is 14.5. The third-order valence-electron chi connectivity index (χ3n) is 3.67. The van der Waals surface area contributed by atoms with Crippen molar-refractivity contribution in [2.45, 2.75) is 25.8 Å². The minimum Gasteiger partial charge on any atom is -0.480 e. The maximum absolute atomic E-state index is 12.2. The van der Waals surface area contributed by atoms with E-state index in [4.69, 9.17) is 16.3 Å². The van der Waals surface area contributed by atoms with E-state index in [0.29, 0.717) is 23.3 Å². The summed E-state index contributed by atoms with van der Waals surface area (Å²) < 4.78 is 5.09. The molecule has 1 aliphatic heterocycles. The Bertz CT molecular complexity index is 481. The van der Waals surface area contributed by atoms with Gasteiger partial charge in [-0.2, -0.15) is 0 Å². The van der Waals surface area contributed by atoms with Crippen molar-refractivity contribution in [2.24, 2.45) is 0 Å². The van der Waals surface area contributed by atoms with Crippen LogP contribution in [0.2, 0.25) is 5.15 Å². The molecule has 0 spiro atoms. The van der Waals surface area contributed by atoms with Crippen LogP contribution < -0.4 is 10.1 Å². The standard InChI is InChI=1S/C14H20ClN3O2/c1-3-18-8-4-5-10(18)9-16-13(19)11-6-7-12(15)17-14(11)20-2/h6-7,10H,3-5,8-9H2,1-2H3,(H,16,19). The highest BCUT2D eigenvalue weighted by Crippen LogP contribution is 2.19. The molecular formula is C14H20ClN3O2. The van der Waals surface area contributed by atoms with Crippen molar-refractivity contribution in [3.8, 4) is 5.88 Å². The topological polar surface area (TPSA) is 54.5 Å². The number of pyridine rings is 1. The van der Waals surface area contributed by atoms with Crippen molar-refractivity contribution in [2.75, 3.05) is 26.7 Å². The number of nitrogens with one attached hydrogen (secondary N) is 1.